The summed E-state index contributed by atoms with van der Waals surface area (Å²) in [6.45, 7) is 4.43. The molecule has 1 saturated heterocycles. The molecule has 1 aromatic carbocycles. The molecule has 3 heterocycles. The molecule has 2 aromatic heterocycles. The minimum absolute atomic E-state index is 0.126. The molecular weight excluding hydrogens is 350 g/mol. The molecule has 136 valence electrons. The van der Waals surface area contributed by atoms with Gasteiger partial charge >= 0.3 is 0 Å². The number of morpholine rings is 1. The smallest absolute Gasteiger partial charge is 0.276 e. The molecule has 1 fully saturated rings. The monoisotopic (exact) mass is 371 g/mol. The fraction of sp³-hybridized carbons (Fsp3) is 0.368. The van der Waals surface area contributed by atoms with Crippen LogP contribution in [0.4, 0.5) is 0 Å². The van der Waals surface area contributed by atoms with E-state index in [0.717, 1.165) is 31.2 Å². The minimum atomic E-state index is -0.126. The highest BCUT2D eigenvalue weighted by atomic mass is 32.1. The van der Waals surface area contributed by atoms with Crippen LogP contribution >= 0.6 is 11.3 Å². The molecule has 7 heteroatoms. The van der Waals surface area contributed by atoms with Gasteiger partial charge in [-0.25, -0.2) is 0 Å². The molecule has 0 aliphatic carbocycles. The van der Waals surface area contributed by atoms with Crippen molar-refractivity contribution in [2.45, 2.75) is 13.1 Å². The minimum Gasteiger partial charge on any atom is -0.379 e. The van der Waals surface area contributed by atoms with E-state index in [-0.39, 0.29) is 5.91 Å². The summed E-state index contributed by atoms with van der Waals surface area (Å²) >= 11 is 1.71. The molecule has 1 amide bonds. The third kappa shape index (κ3) is 3.80. The quantitative estimate of drug-likeness (QED) is 0.690. The molecule has 0 unspecified atom stereocenters. The van der Waals surface area contributed by atoms with Crippen molar-refractivity contribution in [1.29, 1.82) is 0 Å². The van der Waals surface area contributed by atoms with Crippen molar-refractivity contribution >= 4 is 27.3 Å². The summed E-state index contributed by atoms with van der Waals surface area (Å²) in [5.41, 5.74) is 0.358. The standard InChI is InChI=1S/C19H21N3O3S/c1-21(13-16-10-14-4-2-3-5-18(14)26-16)19(23)17-11-15(25-20-17)12-22-6-8-24-9-7-22/h2-5,10-11H,6-9,12-13H2,1H3. The Morgan fingerprint density at radius 2 is 2.08 bits per heavy atom. The van der Waals surface area contributed by atoms with Crippen LogP contribution in [0.5, 0.6) is 0 Å². The molecular formula is C19H21N3O3S. The van der Waals surface area contributed by atoms with Gasteiger partial charge in [-0.05, 0) is 17.5 Å². The Labute approximate surface area is 155 Å². The van der Waals surface area contributed by atoms with Crippen LogP contribution in [-0.4, -0.2) is 54.2 Å². The Kier molecular flexibility index (Phi) is 5.01. The van der Waals surface area contributed by atoms with Crippen LogP contribution in [0, 0.1) is 0 Å². The van der Waals surface area contributed by atoms with Gasteiger partial charge in [0, 0.05) is 35.8 Å². The van der Waals surface area contributed by atoms with Crippen LogP contribution in [0.15, 0.2) is 40.9 Å². The molecule has 0 radical (unpaired) electrons. The van der Waals surface area contributed by atoms with Gasteiger partial charge in [0.1, 0.15) is 0 Å². The third-order valence-corrected chi connectivity index (χ3v) is 5.58. The predicted octanol–water partition coefficient (Wildman–Crippen LogP) is 2.99. The lowest BCUT2D eigenvalue weighted by atomic mass is 10.2. The summed E-state index contributed by atoms with van der Waals surface area (Å²) in [6, 6.07) is 12.1. The van der Waals surface area contributed by atoms with Gasteiger partial charge in [0.2, 0.25) is 0 Å². The summed E-state index contributed by atoms with van der Waals surface area (Å²) in [6.07, 6.45) is 0. The van der Waals surface area contributed by atoms with Gasteiger partial charge in [0.15, 0.2) is 11.5 Å². The molecule has 3 aromatic rings. The van der Waals surface area contributed by atoms with Crippen molar-refractivity contribution in [2.75, 3.05) is 33.4 Å². The second kappa shape index (κ2) is 7.57. The Bertz CT molecular complexity index is 865. The van der Waals surface area contributed by atoms with Crippen molar-refractivity contribution in [3.8, 4) is 0 Å². The van der Waals surface area contributed by atoms with Crippen LogP contribution in [-0.2, 0) is 17.8 Å². The number of thiophene rings is 1. The highest BCUT2D eigenvalue weighted by Gasteiger charge is 2.20. The zero-order valence-electron chi connectivity index (χ0n) is 14.7. The average molecular weight is 371 g/mol. The number of hydrogen-bond acceptors (Lipinski definition) is 6. The number of benzene rings is 1. The first kappa shape index (κ1) is 17.2. The second-order valence-corrected chi connectivity index (χ2v) is 7.65. The van der Waals surface area contributed by atoms with Gasteiger partial charge in [0.05, 0.1) is 26.3 Å². The Morgan fingerprint density at radius 3 is 2.88 bits per heavy atom. The van der Waals surface area contributed by atoms with Gasteiger partial charge < -0.3 is 14.2 Å². The molecule has 26 heavy (non-hydrogen) atoms. The van der Waals surface area contributed by atoms with Crippen LogP contribution in [0.1, 0.15) is 21.1 Å². The summed E-state index contributed by atoms with van der Waals surface area (Å²) in [4.78, 5) is 17.7. The molecule has 0 atom stereocenters. The van der Waals surface area contributed by atoms with Gasteiger partial charge in [0.25, 0.3) is 5.91 Å². The molecule has 6 nitrogen and oxygen atoms in total. The fourth-order valence-electron chi connectivity index (χ4n) is 3.08. The van der Waals surface area contributed by atoms with E-state index < -0.39 is 0 Å². The van der Waals surface area contributed by atoms with Crippen molar-refractivity contribution < 1.29 is 14.1 Å². The van der Waals surface area contributed by atoms with E-state index in [4.69, 9.17) is 9.26 Å². The number of hydrogen-bond donors (Lipinski definition) is 0. The Balaban J connectivity index is 1.40. The molecule has 0 spiro atoms. The summed E-state index contributed by atoms with van der Waals surface area (Å²) in [7, 11) is 1.79. The number of fused-ring (bicyclic) bond motifs is 1. The number of ether oxygens (including phenoxy) is 1. The fourth-order valence-corrected chi connectivity index (χ4v) is 4.20. The lowest BCUT2D eigenvalue weighted by Crippen LogP contribution is -2.35. The molecule has 0 N–H and O–H groups in total. The zero-order valence-corrected chi connectivity index (χ0v) is 15.5. The Hall–Kier alpha value is -2.22. The van der Waals surface area contributed by atoms with E-state index in [1.807, 2.05) is 12.1 Å². The van der Waals surface area contributed by atoms with Crippen molar-refractivity contribution in [2.24, 2.45) is 0 Å². The van der Waals surface area contributed by atoms with E-state index in [0.29, 0.717) is 24.5 Å². The van der Waals surface area contributed by atoms with E-state index in [1.54, 1.807) is 29.4 Å². The van der Waals surface area contributed by atoms with E-state index >= 15 is 0 Å². The van der Waals surface area contributed by atoms with Crippen molar-refractivity contribution in [3.05, 3.63) is 52.7 Å². The van der Waals surface area contributed by atoms with Crippen molar-refractivity contribution in [3.63, 3.8) is 0 Å². The summed E-state index contributed by atoms with van der Waals surface area (Å²) in [5.74, 6) is 0.588. The molecule has 1 aliphatic heterocycles. The number of carbonyl (C=O) groups is 1. The average Bonchev–Trinajstić information content (AvgIpc) is 3.28. The Morgan fingerprint density at radius 1 is 1.27 bits per heavy atom. The summed E-state index contributed by atoms with van der Waals surface area (Å²) < 4.78 is 11.9. The van der Waals surface area contributed by atoms with Crippen molar-refractivity contribution in [1.82, 2.24) is 15.0 Å². The van der Waals surface area contributed by atoms with Crippen LogP contribution in [0.25, 0.3) is 10.1 Å². The number of rotatable bonds is 5. The van der Waals surface area contributed by atoms with E-state index in [9.17, 15) is 4.79 Å². The third-order valence-electron chi connectivity index (χ3n) is 4.48. The van der Waals surface area contributed by atoms with E-state index in [1.165, 1.54) is 10.1 Å². The van der Waals surface area contributed by atoms with Gasteiger partial charge in [-0.3, -0.25) is 9.69 Å². The first-order valence-corrected chi connectivity index (χ1v) is 9.49. The molecule has 0 saturated carbocycles. The number of aromatic nitrogens is 1. The highest BCUT2D eigenvalue weighted by molar-refractivity contribution is 7.19. The SMILES string of the molecule is CN(Cc1cc2ccccc2s1)C(=O)c1cc(CN2CCOCC2)on1. The number of amides is 1. The number of nitrogens with zero attached hydrogens (tertiary/aromatic N) is 3. The predicted molar refractivity (Wildman–Crippen MR) is 100 cm³/mol. The van der Waals surface area contributed by atoms with Crippen LogP contribution in [0.3, 0.4) is 0 Å². The van der Waals surface area contributed by atoms with Gasteiger partial charge in [-0.2, -0.15) is 0 Å². The maximum Gasteiger partial charge on any atom is 0.276 e. The number of carbonyl (C=O) groups excluding carboxylic acids is 1. The maximum absolute atomic E-state index is 12.6. The molecule has 0 bridgehead atoms. The summed E-state index contributed by atoms with van der Waals surface area (Å²) in [5, 5.41) is 5.18. The first-order valence-electron chi connectivity index (χ1n) is 8.67. The largest absolute Gasteiger partial charge is 0.379 e. The second-order valence-electron chi connectivity index (χ2n) is 6.48. The lowest BCUT2D eigenvalue weighted by Gasteiger charge is -2.25. The van der Waals surface area contributed by atoms with Gasteiger partial charge in [-0.15, -0.1) is 11.3 Å². The maximum atomic E-state index is 12.6. The topological polar surface area (TPSA) is 58.8 Å². The first-order chi connectivity index (χ1) is 12.7. The van der Waals surface area contributed by atoms with Crippen LogP contribution in [0.2, 0.25) is 0 Å². The zero-order chi connectivity index (χ0) is 17.9. The van der Waals surface area contributed by atoms with E-state index in [2.05, 4.69) is 28.3 Å². The highest BCUT2D eigenvalue weighted by Crippen LogP contribution is 2.26. The van der Waals surface area contributed by atoms with Crippen LogP contribution < -0.4 is 0 Å². The normalized spacial score (nSPS) is 15.4. The lowest BCUT2D eigenvalue weighted by molar-refractivity contribution is 0.0305. The van der Waals surface area contributed by atoms with Gasteiger partial charge in [-0.1, -0.05) is 23.4 Å². The molecule has 4 rings (SSSR count). The molecule has 1 aliphatic rings.